The number of hydrogen-bond acceptors (Lipinski definition) is 4. The van der Waals surface area contributed by atoms with Crippen LogP contribution in [0.25, 0.3) is 0 Å². The summed E-state index contributed by atoms with van der Waals surface area (Å²) < 4.78 is 5.40. The second-order valence-corrected chi connectivity index (χ2v) is 6.42. The van der Waals surface area contributed by atoms with E-state index in [1.165, 1.54) is 0 Å². The summed E-state index contributed by atoms with van der Waals surface area (Å²) in [5, 5.41) is 0. The minimum absolute atomic E-state index is 0.226. The van der Waals surface area contributed by atoms with E-state index >= 15 is 0 Å². The van der Waals surface area contributed by atoms with Crippen LogP contribution in [0.5, 0.6) is 0 Å². The molecule has 1 aromatic carbocycles. The first-order valence-electron chi connectivity index (χ1n) is 6.88. The maximum absolute atomic E-state index is 12.0. The monoisotopic (exact) mass is 294 g/mol. The number of benzene rings is 1. The Morgan fingerprint density at radius 3 is 2.30 bits per heavy atom. The highest BCUT2D eigenvalue weighted by molar-refractivity contribution is 7.80. The molecule has 0 N–H and O–H groups in total. The molecule has 1 saturated heterocycles. The molecule has 1 fully saturated rings. The lowest BCUT2D eigenvalue weighted by molar-refractivity contribution is 0.0240. The standard InChI is InChI=1S/C15H22N2O2S/c1-15(2,3)19-14(18)17-10-8-16(9-11-17)12-6-4-5-7-13(12)20/h4-7,20H,8-11H2,1-3H3. The average molecular weight is 294 g/mol. The van der Waals surface area contributed by atoms with Gasteiger partial charge in [0.25, 0.3) is 0 Å². The van der Waals surface area contributed by atoms with Crippen LogP contribution in [0.1, 0.15) is 20.8 Å². The molecule has 1 amide bonds. The fourth-order valence-corrected chi connectivity index (χ4v) is 2.49. The SMILES string of the molecule is CC(C)(C)OC(=O)N1CCN(c2ccccc2S)CC1. The van der Waals surface area contributed by atoms with E-state index in [4.69, 9.17) is 4.74 Å². The fourth-order valence-electron chi connectivity index (χ4n) is 2.19. The van der Waals surface area contributed by atoms with Gasteiger partial charge >= 0.3 is 6.09 Å². The Morgan fingerprint density at radius 2 is 1.75 bits per heavy atom. The van der Waals surface area contributed by atoms with Crippen molar-refractivity contribution >= 4 is 24.4 Å². The van der Waals surface area contributed by atoms with E-state index in [1.54, 1.807) is 4.90 Å². The van der Waals surface area contributed by atoms with Crippen LogP contribution < -0.4 is 4.90 Å². The molecular weight excluding hydrogens is 272 g/mol. The van der Waals surface area contributed by atoms with E-state index in [2.05, 4.69) is 23.6 Å². The zero-order chi connectivity index (χ0) is 14.8. The van der Waals surface area contributed by atoms with Crippen molar-refractivity contribution in [3.8, 4) is 0 Å². The second kappa shape index (κ2) is 5.95. The van der Waals surface area contributed by atoms with Crippen LogP contribution in [0.2, 0.25) is 0 Å². The number of piperazine rings is 1. The third-order valence-electron chi connectivity index (χ3n) is 3.15. The molecule has 0 atom stereocenters. The molecule has 5 heteroatoms. The highest BCUT2D eigenvalue weighted by Gasteiger charge is 2.26. The summed E-state index contributed by atoms with van der Waals surface area (Å²) in [6.07, 6.45) is -0.226. The Hall–Kier alpha value is -1.36. The number of thiol groups is 1. The lowest BCUT2D eigenvalue weighted by Crippen LogP contribution is -2.50. The molecule has 0 aromatic heterocycles. The van der Waals surface area contributed by atoms with Crippen LogP contribution in [0.15, 0.2) is 29.2 Å². The second-order valence-electron chi connectivity index (χ2n) is 5.94. The van der Waals surface area contributed by atoms with Gasteiger partial charge in [-0.05, 0) is 32.9 Å². The summed E-state index contributed by atoms with van der Waals surface area (Å²) in [7, 11) is 0. The van der Waals surface area contributed by atoms with Crippen molar-refractivity contribution < 1.29 is 9.53 Å². The molecule has 0 saturated carbocycles. The Kier molecular flexibility index (Phi) is 4.48. The Bertz CT molecular complexity index is 477. The van der Waals surface area contributed by atoms with Crippen molar-refractivity contribution in [2.75, 3.05) is 31.1 Å². The van der Waals surface area contributed by atoms with Crippen molar-refractivity contribution in [2.24, 2.45) is 0 Å². The molecule has 0 spiro atoms. The molecule has 110 valence electrons. The van der Waals surface area contributed by atoms with Crippen molar-refractivity contribution in [1.82, 2.24) is 4.90 Å². The largest absolute Gasteiger partial charge is 0.444 e. The van der Waals surface area contributed by atoms with Gasteiger partial charge in [-0.1, -0.05) is 12.1 Å². The molecule has 0 unspecified atom stereocenters. The van der Waals surface area contributed by atoms with Crippen molar-refractivity contribution in [1.29, 1.82) is 0 Å². The van der Waals surface area contributed by atoms with Crippen molar-refractivity contribution in [3.63, 3.8) is 0 Å². The molecule has 0 bridgehead atoms. The first kappa shape index (κ1) is 15.0. The third-order valence-corrected chi connectivity index (χ3v) is 3.53. The maximum Gasteiger partial charge on any atom is 0.410 e. The smallest absolute Gasteiger partial charge is 0.410 e. The third kappa shape index (κ3) is 3.82. The summed E-state index contributed by atoms with van der Waals surface area (Å²) in [5.74, 6) is 0. The van der Waals surface area contributed by atoms with Crippen LogP contribution in [-0.4, -0.2) is 42.8 Å². The van der Waals surface area contributed by atoms with Crippen LogP contribution in [0.3, 0.4) is 0 Å². The topological polar surface area (TPSA) is 32.8 Å². The normalized spacial score (nSPS) is 16.2. The van der Waals surface area contributed by atoms with Gasteiger partial charge < -0.3 is 14.5 Å². The van der Waals surface area contributed by atoms with E-state index < -0.39 is 5.60 Å². The van der Waals surface area contributed by atoms with Crippen LogP contribution in [-0.2, 0) is 4.74 Å². The molecule has 2 rings (SSSR count). The molecule has 4 nitrogen and oxygen atoms in total. The summed E-state index contributed by atoms with van der Waals surface area (Å²) >= 11 is 4.48. The van der Waals surface area contributed by atoms with Gasteiger partial charge in [0.2, 0.25) is 0 Å². The highest BCUT2D eigenvalue weighted by Crippen LogP contribution is 2.24. The molecule has 1 heterocycles. The van der Waals surface area contributed by atoms with Gasteiger partial charge in [-0.25, -0.2) is 4.79 Å². The fraction of sp³-hybridized carbons (Fsp3) is 0.533. The molecule has 20 heavy (non-hydrogen) atoms. The molecule has 1 aromatic rings. The molecule has 0 aliphatic carbocycles. The Labute approximate surface area is 126 Å². The molecule has 0 radical (unpaired) electrons. The van der Waals surface area contributed by atoms with Gasteiger partial charge in [-0.15, -0.1) is 12.6 Å². The van der Waals surface area contributed by atoms with E-state index in [1.807, 2.05) is 39.0 Å². The average Bonchev–Trinajstić information content (AvgIpc) is 2.37. The van der Waals surface area contributed by atoms with Gasteiger partial charge in [-0.3, -0.25) is 0 Å². The van der Waals surface area contributed by atoms with Crippen LogP contribution in [0.4, 0.5) is 10.5 Å². The zero-order valence-electron chi connectivity index (χ0n) is 12.3. The van der Waals surface area contributed by atoms with Crippen LogP contribution in [0, 0.1) is 0 Å². The minimum atomic E-state index is -0.439. The summed E-state index contributed by atoms with van der Waals surface area (Å²) in [6.45, 7) is 8.62. The first-order valence-corrected chi connectivity index (χ1v) is 7.32. The molecule has 1 aliphatic heterocycles. The number of ether oxygens (including phenoxy) is 1. The quantitative estimate of drug-likeness (QED) is 0.808. The van der Waals surface area contributed by atoms with Gasteiger partial charge in [0.15, 0.2) is 0 Å². The summed E-state index contributed by atoms with van der Waals surface area (Å²) in [4.78, 5) is 17.0. The molecule has 1 aliphatic rings. The predicted molar refractivity (Wildman–Crippen MR) is 83.7 cm³/mol. The number of para-hydroxylation sites is 1. The number of nitrogens with zero attached hydrogens (tertiary/aromatic N) is 2. The van der Waals surface area contributed by atoms with Crippen LogP contribution >= 0.6 is 12.6 Å². The first-order chi connectivity index (χ1) is 9.37. The summed E-state index contributed by atoms with van der Waals surface area (Å²) in [6, 6.07) is 8.03. The van der Waals surface area contributed by atoms with E-state index in [0.717, 1.165) is 23.7 Å². The van der Waals surface area contributed by atoms with Gasteiger partial charge in [0, 0.05) is 31.1 Å². The summed E-state index contributed by atoms with van der Waals surface area (Å²) in [5.41, 5.74) is 0.686. The van der Waals surface area contributed by atoms with Gasteiger partial charge in [-0.2, -0.15) is 0 Å². The van der Waals surface area contributed by atoms with E-state index in [-0.39, 0.29) is 6.09 Å². The van der Waals surface area contributed by atoms with Gasteiger partial charge in [0.1, 0.15) is 5.60 Å². The zero-order valence-corrected chi connectivity index (χ0v) is 13.2. The van der Waals surface area contributed by atoms with E-state index in [0.29, 0.717) is 13.1 Å². The predicted octanol–water partition coefficient (Wildman–Crippen LogP) is 3.03. The van der Waals surface area contributed by atoms with Crippen molar-refractivity contribution in [2.45, 2.75) is 31.3 Å². The highest BCUT2D eigenvalue weighted by atomic mass is 32.1. The lowest BCUT2D eigenvalue weighted by atomic mass is 10.2. The van der Waals surface area contributed by atoms with Crippen molar-refractivity contribution in [3.05, 3.63) is 24.3 Å². The van der Waals surface area contributed by atoms with Gasteiger partial charge in [0.05, 0.1) is 5.69 Å². The maximum atomic E-state index is 12.0. The Balaban J connectivity index is 1.93. The molecular formula is C15H22N2O2S. The number of anilines is 1. The number of rotatable bonds is 1. The number of hydrogen-bond donors (Lipinski definition) is 1. The Morgan fingerprint density at radius 1 is 1.15 bits per heavy atom. The lowest BCUT2D eigenvalue weighted by Gasteiger charge is -2.37. The number of carbonyl (C=O) groups excluding carboxylic acids is 1. The number of carbonyl (C=O) groups is 1. The minimum Gasteiger partial charge on any atom is -0.444 e. The number of amides is 1. The van der Waals surface area contributed by atoms with E-state index in [9.17, 15) is 4.79 Å².